The van der Waals surface area contributed by atoms with Gasteiger partial charge in [0.2, 0.25) is 0 Å². The van der Waals surface area contributed by atoms with Crippen LogP contribution in [0.4, 0.5) is 14.9 Å². The molecule has 0 bridgehead atoms. The van der Waals surface area contributed by atoms with Gasteiger partial charge in [-0.05, 0) is 61.4 Å². The van der Waals surface area contributed by atoms with Crippen LogP contribution in [-0.2, 0) is 0 Å². The predicted octanol–water partition coefficient (Wildman–Crippen LogP) is 4.22. The number of nitrogens with one attached hydrogen (secondary N) is 2. The van der Waals surface area contributed by atoms with Crippen LogP contribution in [-0.4, -0.2) is 42.7 Å². The van der Waals surface area contributed by atoms with E-state index in [1.54, 1.807) is 28.8 Å². The highest BCUT2D eigenvalue weighted by atomic mass is 32.2. The topological polar surface area (TPSA) is 61.4 Å². The molecule has 0 aromatic heterocycles. The maximum absolute atomic E-state index is 12.9. The highest BCUT2D eigenvalue weighted by Crippen LogP contribution is 2.21. The lowest BCUT2D eigenvalue weighted by molar-refractivity contribution is 0.0936. The molecule has 1 aliphatic rings. The first-order chi connectivity index (χ1) is 13.6. The van der Waals surface area contributed by atoms with Crippen LogP contribution >= 0.6 is 11.8 Å². The van der Waals surface area contributed by atoms with Crippen LogP contribution in [0.5, 0.6) is 0 Å². The zero-order valence-corrected chi connectivity index (χ0v) is 16.6. The smallest absolute Gasteiger partial charge is 0.321 e. The van der Waals surface area contributed by atoms with Crippen molar-refractivity contribution in [3.8, 4) is 0 Å². The molecule has 0 saturated carbocycles. The number of carbonyl (C=O) groups is 2. The second-order valence-corrected chi connectivity index (χ2v) is 7.63. The van der Waals surface area contributed by atoms with Gasteiger partial charge in [-0.2, -0.15) is 0 Å². The van der Waals surface area contributed by atoms with Gasteiger partial charge in [-0.15, -0.1) is 11.8 Å². The lowest BCUT2D eigenvalue weighted by Crippen LogP contribution is -2.43. The van der Waals surface area contributed by atoms with Crippen molar-refractivity contribution in [1.29, 1.82) is 0 Å². The highest BCUT2D eigenvalue weighted by molar-refractivity contribution is 7.98. The van der Waals surface area contributed by atoms with E-state index in [9.17, 15) is 14.0 Å². The Balaban J connectivity index is 1.44. The summed E-state index contributed by atoms with van der Waals surface area (Å²) in [7, 11) is 0. The van der Waals surface area contributed by atoms with Crippen LogP contribution in [0, 0.1) is 11.7 Å². The van der Waals surface area contributed by atoms with Crippen molar-refractivity contribution in [3.63, 3.8) is 0 Å². The summed E-state index contributed by atoms with van der Waals surface area (Å²) >= 11 is 1.56. The average molecular weight is 402 g/mol. The van der Waals surface area contributed by atoms with Gasteiger partial charge in [-0.3, -0.25) is 4.79 Å². The maximum Gasteiger partial charge on any atom is 0.321 e. The molecule has 0 spiro atoms. The molecule has 7 heteroatoms. The molecule has 1 saturated heterocycles. The second-order valence-electron chi connectivity index (χ2n) is 6.78. The third-order valence-corrected chi connectivity index (χ3v) is 5.70. The Kier molecular flexibility index (Phi) is 6.92. The molecule has 3 amide bonds. The van der Waals surface area contributed by atoms with E-state index < -0.39 is 0 Å². The molecular formula is C21H24FN3O2S. The van der Waals surface area contributed by atoms with Gasteiger partial charge < -0.3 is 15.5 Å². The SMILES string of the molecule is CSc1ccccc1C(=O)NCC1CCN(C(=O)Nc2ccc(F)cc2)CC1. The molecule has 0 unspecified atom stereocenters. The van der Waals surface area contributed by atoms with E-state index in [1.165, 1.54) is 12.1 Å². The van der Waals surface area contributed by atoms with Gasteiger partial charge in [0, 0.05) is 30.2 Å². The molecule has 2 aromatic rings. The molecule has 148 valence electrons. The molecule has 2 N–H and O–H groups in total. The van der Waals surface area contributed by atoms with Crippen molar-refractivity contribution >= 4 is 29.4 Å². The average Bonchev–Trinajstić information content (AvgIpc) is 2.74. The Labute approximate surface area is 168 Å². The summed E-state index contributed by atoms with van der Waals surface area (Å²) in [6.45, 7) is 1.87. The number of likely N-dealkylation sites (tertiary alicyclic amines) is 1. The van der Waals surface area contributed by atoms with Gasteiger partial charge in [0.25, 0.3) is 5.91 Å². The standard InChI is InChI=1S/C21H24FN3O2S/c1-28-19-5-3-2-4-18(19)20(26)23-14-15-10-12-25(13-11-15)21(27)24-17-8-6-16(22)7-9-17/h2-9,15H,10-14H2,1H3,(H,23,26)(H,24,27). The van der Waals surface area contributed by atoms with Crippen molar-refractivity contribution in [2.75, 3.05) is 31.2 Å². The fourth-order valence-corrected chi connectivity index (χ4v) is 3.84. The van der Waals surface area contributed by atoms with Gasteiger partial charge in [0.05, 0.1) is 5.56 Å². The van der Waals surface area contributed by atoms with Crippen LogP contribution in [0.2, 0.25) is 0 Å². The van der Waals surface area contributed by atoms with Crippen LogP contribution in [0.3, 0.4) is 0 Å². The van der Waals surface area contributed by atoms with E-state index in [0.717, 1.165) is 17.7 Å². The van der Waals surface area contributed by atoms with Crippen molar-refractivity contribution in [2.24, 2.45) is 5.92 Å². The van der Waals surface area contributed by atoms with Gasteiger partial charge in [-0.25, -0.2) is 9.18 Å². The molecular weight excluding hydrogens is 377 g/mol. The second kappa shape index (κ2) is 9.59. The lowest BCUT2D eigenvalue weighted by atomic mass is 9.97. The minimum absolute atomic E-state index is 0.0542. The Morgan fingerprint density at radius 1 is 1.11 bits per heavy atom. The fourth-order valence-electron chi connectivity index (χ4n) is 3.24. The van der Waals surface area contributed by atoms with Crippen molar-refractivity contribution in [3.05, 3.63) is 59.9 Å². The van der Waals surface area contributed by atoms with E-state index in [1.807, 2.05) is 30.5 Å². The summed E-state index contributed by atoms with van der Waals surface area (Å²) < 4.78 is 12.9. The van der Waals surface area contributed by atoms with Crippen LogP contribution < -0.4 is 10.6 Å². The third kappa shape index (κ3) is 5.25. The zero-order chi connectivity index (χ0) is 19.9. The first-order valence-electron chi connectivity index (χ1n) is 9.29. The molecule has 0 atom stereocenters. The number of nitrogens with zero attached hydrogens (tertiary/aromatic N) is 1. The summed E-state index contributed by atoms with van der Waals surface area (Å²) in [6.07, 6.45) is 3.63. The van der Waals surface area contributed by atoms with Crippen LogP contribution in [0.25, 0.3) is 0 Å². The molecule has 0 radical (unpaired) electrons. The summed E-state index contributed by atoms with van der Waals surface area (Å²) in [5.74, 6) is -0.0392. The van der Waals surface area contributed by atoms with E-state index in [-0.39, 0.29) is 17.8 Å². The number of thioether (sulfide) groups is 1. The third-order valence-electron chi connectivity index (χ3n) is 4.90. The monoisotopic (exact) mass is 401 g/mol. The molecule has 1 fully saturated rings. The van der Waals surface area contributed by atoms with E-state index in [4.69, 9.17) is 0 Å². The van der Waals surface area contributed by atoms with E-state index in [2.05, 4.69) is 10.6 Å². The molecule has 5 nitrogen and oxygen atoms in total. The largest absolute Gasteiger partial charge is 0.352 e. The van der Waals surface area contributed by atoms with Crippen LogP contribution in [0.15, 0.2) is 53.4 Å². The van der Waals surface area contributed by atoms with Gasteiger partial charge in [0.1, 0.15) is 5.82 Å². The number of amides is 3. The Morgan fingerprint density at radius 3 is 2.46 bits per heavy atom. The first-order valence-corrected chi connectivity index (χ1v) is 10.5. The Hall–Kier alpha value is -2.54. The Morgan fingerprint density at radius 2 is 1.79 bits per heavy atom. The number of hydrogen-bond acceptors (Lipinski definition) is 3. The zero-order valence-electron chi connectivity index (χ0n) is 15.8. The number of halogens is 1. The summed E-state index contributed by atoms with van der Waals surface area (Å²) in [5.41, 5.74) is 1.28. The number of carbonyl (C=O) groups excluding carboxylic acids is 2. The number of benzene rings is 2. The number of rotatable bonds is 5. The molecule has 1 aliphatic heterocycles. The molecule has 0 aliphatic carbocycles. The number of hydrogen-bond donors (Lipinski definition) is 2. The van der Waals surface area contributed by atoms with Gasteiger partial charge >= 0.3 is 6.03 Å². The molecule has 28 heavy (non-hydrogen) atoms. The minimum Gasteiger partial charge on any atom is -0.352 e. The summed E-state index contributed by atoms with van der Waals surface area (Å²) in [5, 5.41) is 5.81. The minimum atomic E-state index is -0.332. The number of piperidine rings is 1. The highest BCUT2D eigenvalue weighted by Gasteiger charge is 2.23. The maximum atomic E-state index is 12.9. The van der Waals surface area contributed by atoms with Gasteiger partial charge in [-0.1, -0.05) is 12.1 Å². The number of urea groups is 1. The Bertz CT molecular complexity index is 821. The first kappa shape index (κ1) is 20.2. The summed E-state index contributed by atoms with van der Waals surface area (Å²) in [6, 6.07) is 13.1. The van der Waals surface area contributed by atoms with E-state index in [0.29, 0.717) is 36.8 Å². The van der Waals surface area contributed by atoms with Crippen molar-refractivity contribution < 1.29 is 14.0 Å². The predicted molar refractivity (Wildman–Crippen MR) is 110 cm³/mol. The normalized spacial score (nSPS) is 14.6. The number of anilines is 1. The van der Waals surface area contributed by atoms with Gasteiger partial charge in [0.15, 0.2) is 0 Å². The molecule has 3 rings (SSSR count). The van der Waals surface area contributed by atoms with E-state index >= 15 is 0 Å². The quantitative estimate of drug-likeness (QED) is 0.738. The van der Waals surface area contributed by atoms with Crippen LogP contribution in [0.1, 0.15) is 23.2 Å². The lowest BCUT2D eigenvalue weighted by Gasteiger charge is -2.32. The molecule has 2 aromatic carbocycles. The van der Waals surface area contributed by atoms with Crippen molar-refractivity contribution in [1.82, 2.24) is 10.2 Å². The fraction of sp³-hybridized carbons (Fsp3) is 0.333. The molecule has 1 heterocycles. The van der Waals surface area contributed by atoms with Crippen molar-refractivity contribution in [2.45, 2.75) is 17.7 Å². The summed E-state index contributed by atoms with van der Waals surface area (Å²) in [4.78, 5) is 27.5.